The van der Waals surface area contributed by atoms with E-state index in [0.29, 0.717) is 23.0 Å². The lowest BCUT2D eigenvalue weighted by molar-refractivity contribution is 0.103. The molecule has 0 bridgehead atoms. The number of H-pyrrole nitrogens is 1. The van der Waals surface area contributed by atoms with E-state index in [-0.39, 0.29) is 11.3 Å². The molecule has 0 unspecified atom stereocenters. The summed E-state index contributed by atoms with van der Waals surface area (Å²) in [6, 6.07) is 9.28. The summed E-state index contributed by atoms with van der Waals surface area (Å²) < 4.78 is 57.9. The summed E-state index contributed by atoms with van der Waals surface area (Å²) in [4.78, 5) is 20.5. The Labute approximate surface area is 205 Å². The second-order valence-corrected chi connectivity index (χ2v) is 10.2. The SMILES string of the molecule is CCCS(=O)(=O)Nc1ccc(F)c(C(=O)c2c[nH]c3ncc(-c4ccc5c(cnn5C)c4)cc23)c1F. The molecule has 0 saturated carbocycles. The third-order valence-electron chi connectivity index (χ3n) is 5.91. The molecule has 0 saturated heterocycles. The van der Waals surface area contributed by atoms with Crippen LogP contribution in [0.25, 0.3) is 33.1 Å². The third kappa shape index (κ3) is 4.11. The number of aryl methyl sites for hydroxylation is 1. The number of anilines is 1. The molecule has 3 heterocycles. The van der Waals surface area contributed by atoms with Gasteiger partial charge >= 0.3 is 0 Å². The average molecular weight is 510 g/mol. The molecule has 0 fully saturated rings. The van der Waals surface area contributed by atoms with Crippen molar-refractivity contribution in [3.8, 4) is 11.1 Å². The predicted octanol–water partition coefficient (Wildman–Crippen LogP) is 4.78. The molecule has 0 radical (unpaired) electrons. The van der Waals surface area contributed by atoms with E-state index in [4.69, 9.17) is 0 Å². The van der Waals surface area contributed by atoms with Crippen molar-refractivity contribution in [3.05, 3.63) is 77.8 Å². The van der Waals surface area contributed by atoms with E-state index in [1.54, 1.807) is 30.1 Å². The molecule has 2 N–H and O–H groups in total. The molecule has 0 aliphatic heterocycles. The summed E-state index contributed by atoms with van der Waals surface area (Å²) in [7, 11) is -2.00. The highest BCUT2D eigenvalue weighted by Crippen LogP contribution is 2.30. The van der Waals surface area contributed by atoms with Crippen molar-refractivity contribution in [3.63, 3.8) is 0 Å². The largest absolute Gasteiger partial charge is 0.345 e. The lowest BCUT2D eigenvalue weighted by Crippen LogP contribution is -2.18. The van der Waals surface area contributed by atoms with Gasteiger partial charge in [-0.15, -0.1) is 0 Å². The Kier molecular flexibility index (Phi) is 5.79. The molecule has 0 atom stereocenters. The van der Waals surface area contributed by atoms with Crippen molar-refractivity contribution >= 4 is 43.4 Å². The molecule has 5 rings (SSSR count). The minimum atomic E-state index is -3.85. The minimum absolute atomic E-state index is 0.00757. The minimum Gasteiger partial charge on any atom is -0.345 e. The van der Waals surface area contributed by atoms with Crippen molar-refractivity contribution in [1.82, 2.24) is 19.7 Å². The fraction of sp³-hybridized carbons (Fsp3) is 0.160. The lowest BCUT2D eigenvalue weighted by Gasteiger charge is -2.11. The van der Waals surface area contributed by atoms with Crippen molar-refractivity contribution in [1.29, 1.82) is 0 Å². The maximum absolute atomic E-state index is 15.2. The first kappa shape index (κ1) is 23.6. The van der Waals surface area contributed by atoms with Gasteiger partial charge in [0, 0.05) is 41.3 Å². The van der Waals surface area contributed by atoms with Crippen LogP contribution in [0.2, 0.25) is 0 Å². The van der Waals surface area contributed by atoms with Crippen LogP contribution in [-0.4, -0.2) is 39.7 Å². The van der Waals surface area contributed by atoms with Gasteiger partial charge in [-0.3, -0.25) is 14.2 Å². The third-order valence-corrected chi connectivity index (χ3v) is 7.39. The normalized spacial score (nSPS) is 11.9. The number of pyridine rings is 1. The Bertz CT molecular complexity index is 1760. The summed E-state index contributed by atoms with van der Waals surface area (Å²) >= 11 is 0. The van der Waals surface area contributed by atoms with Crippen molar-refractivity contribution in [2.75, 3.05) is 10.5 Å². The van der Waals surface area contributed by atoms with Crippen LogP contribution in [-0.2, 0) is 17.1 Å². The Hall–Kier alpha value is -4.12. The lowest BCUT2D eigenvalue weighted by atomic mass is 9.99. The van der Waals surface area contributed by atoms with Gasteiger partial charge < -0.3 is 4.98 Å². The number of ketones is 1. The van der Waals surface area contributed by atoms with Crippen LogP contribution in [0.4, 0.5) is 14.5 Å². The van der Waals surface area contributed by atoms with Crippen molar-refractivity contribution < 1.29 is 22.0 Å². The Balaban J connectivity index is 1.57. The van der Waals surface area contributed by atoms with Crippen LogP contribution in [0.15, 0.2) is 55.0 Å². The first-order valence-electron chi connectivity index (χ1n) is 11.1. The Morgan fingerprint density at radius 2 is 1.92 bits per heavy atom. The quantitative estimate of drug-likeness (QED) is 0.307. The number of aromatic amines is 1. The van der Waals surface area contributed by atoms with Crippen LogP contribution in [0, 0.1) is 11.6 Å². The molecule has 2 aromatic carbocycles. The van der Waals surface area contributed by atoms with Gasteiger partial charge in [-0.05, 0) is 42.3 Å². The summed E-state index contributed by atoms with van der Waals surface area (Å²) in [6.07, 6.45) is 5.02. The first-order valence-corrected chi connectivity index (χ1v) is 12.8. The van der Waals surface area contributed by atoms with Crippen molar-refractivity contribution in [2.24, 2.45) is 7.05 Å². The smallest absolute Gasteiger partial charge is 0.232 e. The van der Waals surface area contributed by atoms with E-state index in [2.05, 4.69) is 19.8 Å². The standard InChI is InChI=1S/C25H21F2N5O3S/c1-3-8-36(34,35)31-20-6-5-19(26)22(23(20)27)24(33)18-13-29-25-17(18)10-15(11-28-25)14-4-7-21-16(9-14)12-30-32(21)2/h4-7,9-13,31H,3,8H2,1-2H3,(H,28,29). The molecular formula is C25H21F2N5O3S. The molecule has 0 aliphatic carbocycles. The van der Waals surface area contributed by atoms with Crippen molar-refractivity contribution in [2.45, 2.75) is 13.3 Å². The van der Waals surface area contributed by atoms with Crippen LogP contribution >= 0.6 is 0 Å². The van der Waals surface area contributed by atoms with Crippen LogP contribution in [0.5, 0.6) is 0 Å². The van der Waals surface area contributed by atoms with Gasteiger partial charge in [-0.1, -0.05) is 13.0 Å². The van der Waals surface area contributed by atoms with E-state index in [1.807, 2.05) is 25.2 Å². The molecule has 36 heavy (non-hydrogen) atoms. The molecule has 0 amide bonds. The van der Waals surface area contributed by atoms with Crippen LogP contribution < -0.4 is 4.72 Å². The van der Waals surface area contributed by atoms with E-state index in [0.717, 1.165) is 28.6 Å². The van der Waals surface area contributed by atoms with Gasteiger partial charge in [0.25, 0.3) is 0 Å². The number of carbonyl (C=O) groups excluding carboxylic acids is 1. The summed E-state index contributed by atoms with van der Waals surface area (Å²) in [6.45, 7) is 1.66. The fourth-order valence-electron chi connectivity index (χ4n) is 4.15. The molecule has 0 aliphatic rings. The fourth-order valence-corrected chi connectivity index (χ4v) is 5.29. The van der Waals surface area contributed by atoms with Gasteiger partial charge in [0.05, 0.1) is 28.7 Å². The predicted molar refractivity (Wildman–Crippen MR) is 133 cm³/mol. The van der Waals surface area contributed by atoms with E-state index < -0.39 is 38.7 Å². The molecule has 0 spiro atoms. The number of nitrogens with one attached hydrogen (secondary N) is 2. The molecule has 8 nitrogen and oxygen atoms in total. The zero-order chi connectivity index (χ0) is 25.6. The Morgan fingerprint density at radius 1 is 1.11 bits per heavy atom. The number of halogens is 2. The summed E-state index contributed by atoms with van der Waals surface area (Å²) in [5.74, 6) is -3.56. The molecule has 11 heteroatoms. The van der Waals surface area contributed by atoms with Crippen LogP contribution in [0.3, 0.4) is 0 Å². The molecule has 184 valence electrons. The highest BCUT2D eigenvalue weighted by molar-refractivity contribution is 7.92. The zero-order valence-electron chi connectivity index (χ0n) is 19.3. The maximum atomic E-state index is 15.2. The molecule has 5 aromatic rings. The Morgan fingerprint density at radius 3 is 2.69 bits per heavy atom. The summed E-state index contributed by atoms with van der Waals surface area (Å²) in [5.41, 5.74) is 1.51. The van der Waals surface area contributed by atoms with Gasteiger partial charge in [0.1, 0.15) is 11.5 Å². The van der Waals surface area contributed by atoms with Gasteiger partial charge in [0.2, 0.25) is 15.8 Å². The molecular weight excluding hydrogens is 488 g/mol. The highest BCUT2D eigenvalue weighted by Gasteiger charge is 2.26. The second kappa shape index (κ2) is 8.83. The second-order valence-electron chi connectivity index (χ2n) is 8.40. The monoisotopic (exact) mass is 509 g/mol. The summed E-state index contributed by atoms with van der Waals surface area (Å²) in [5, 5.41) is 5.53. The average Bonchev–Trinajstić information content (AvgIpc) is 3.43. The van der Waals surface area contributed by atoms with E-state index in [9.17, 15) is 17.6 Å². The topological polar surface area (TPSA) is 110 Å². The number of hydrogen-bond acceptors (Lipinski definition) is 5. The van der Waals surface area contributed by atoms with Gasteiger partial charge in [-0.25, -0.2) is 22.2 Å². The van der Waals surface area contributed by atoms with Crippen LogP contribution in [0.1, 0.15) is 29.3 Å². The first-order chi connectivity index (χ1) is 17.2. The number of hydrogen-bond donors (Lipinski definition) is 2. The number of aromatic nitrogens is 4. The van der Waals surface area contributed by atoms with Gasteiger partial charge in [0.15, 0.2) is 5.82 Å². The van der Waals surface area contributed by atoms with Gasteiger partial charge in [-0.2, -0.15) is 5.10 Å². The van der Waals surface area contributed by atoms with E-state index in [1.165, 1.54) is 6.20 Å². The number of fused-ring (bicyclic) bond motifs is 2. The number of benzene rings is 2. The number of carbonyl (C=O) groups is 1. The zero-order valence-corrected chi connectivity index (χ0v) is 20.2. The number of nitrogens with zero attached hydrogens (tertiary/aromatic N) is 3. The number of sulfonamides is 1. The number of rotatable bonds is 7. The molecule has 3 aromatic heterocycles. The van der Waals surface area contributed by atoms with E-state index >= 15 is 4.39 Å². The highest BCUT2D eigenvalue weighted by atomic mass is 32.2. The maximum Gasteiger partial charge on any atom is 0.232 e.